The quantitative estimate of drug-likeness (QED) is 0.642. The Labute approximate surface area is 83.5 Å². The van der Waals surface area contributed by atoms with Gasteiger partial charge in [-0.2, -0.15) is 0 Å². The third-order valence-corrected chi connectivity index (χ3v) is 3.15. The minimum absolute atomic E-state index is 0.176. The minimum Gasteiger partial charge on any atom is -0.104 e. The van der Waals surface area contributed by atoms with Gasteiger partial charge in [-0.15, -0.1) is 23.2 Å². The van der Waals surface area contributed by atoms with Crippen molar-refractivity contribution in [1.29, 1.82) is 0 Å². The van der Waals surface area contributed by atoms with E-state index in [1.165, 1.54) is 5.56 Å². The van der Waals surface area contributed by atoms with Gasteiger partial charge in [-0.05, 0) is 5.56 Å². The second-order valence-corrected chi connectivity index (χ2v) is 4.48. The zero-order valence-electron chi connectivity index (χ0n) is 7.22. The van der Waals surface area contributed by atoms with E-state index < -0.39 is 0 Å². The summed E-state index contributed by atoms with van der Waals surface area (Å²) in [5.41, 5.74) is 0.990. The van der Waals surface area contributed by atoms with Gasteiger partial charge >= 0.3 is 0 Å². The first-order valence-corrected chi connectivity index (χ1v) is 4.76. The molecule has 0 heterocycles. The smallest absolute Gasteiger partial charge is 0.104 e. The van der Waals surface area contributed by atoms with Crippen LogP contribution in [0.25, 0.3) is 0 Å². The molecule has 0 saturated heterocycles. The van der Waals surface area contributed by atoms with Gasteiger partial charge in [0, 0.05) is 5.41 Å². The topological polar surface area (TPSA) is 0 Å². The normalized spacial score (nSPS) is 12.1. The van der Waals surface area contributed by atoms with Crippen molar-refractivity contribution in [2.75, 3.05) is 0 Å². The van der Waals surface area contributed by atoms with Gasteiger partial charge in [0.2, 0.25) is 0 Å². The molecule has 66 valence electrons. The van der Waals surface area contributed by atoms with Crippen LogP contribution in [0.1, 0.15) is 19.4 Å². The van der Waals surface area contributed by atoms with Gasteiger partial charge in [0.05, 0.1) is 0 Å². The fraction of sp³-hybridized carbons (Fsp3) is 0.400. The van der Waals surface area contributed by atoms with E-state index in [4.69, 9.17) is 23.2 Å². The Morgan fingerprint density at radius 1 is 1.08 bits per heavy atom. The average Bonchev–Trinajstić information content (AvgIpc) is 2.06. The van der Waals surface area contributed by atoms with Gasteiger partial charge in [0.15, 0.2) is 0 Å². The van der Waals surface area contributed by atoms with E-state index in [1.807, 2.05) is 44.2 Å². The second-order valence-electron chi connectivity index (χ2n) is 3.39. The maximum absolute atomic E-state index is 5.87. The highest BCUT2D eigenvalue weighted by molar-refractivity contribution is 6.45. The maximum atomic E-state index is 5.87. The summed E-state index contributed by atoms with van der Waals surface area (Å²) in [5, 5.41) is 0. The van der Waals surface area contributed by atoms with Crippen LogP contribution in [0.4, 0.5) is 0 Å². The molecule has 0 N–H and O–H groups in total. The summed E-state index contributed by atoms with van der Waals surface area (Å²) in [6, 6.07) is 10.0. The molecule has 0 fully saturated rings. The number of rotatable bonds is 2. The summed E-state index contributed by atoms with van der Waals surface area (Å²) in [6.07, 6.45) is 0. The predicted molar refractivity (Wildman–Crippen MR) is 55.0 cm³/mol. The molecule has 0 unspecified atom stereocenters. The van der Waals surface area contributed by atoms with Crippen molar-refractivity contribution < 1.29 is 0 Å². The summed E-state index contributed by atoms with van der Waals surface area (Å²) < 4.78 is 0. The Kier molecular flexibility index (Phi) is 3.03. The van der Waals surface area contributed by atoms with E-state index in [0.29, 0.717) is 0 Å². The summed E-state index contributed by atoms with van der Waals surface area (Å²) in [4.78, 5) is -0.375. The fourth-order valence-corrected chi connectivity index (χ4v) is 1.25. The number of hydrogen-bond acceptors (Lipinski definition) is 0. The predicted octanol–water partition coefficient (Wildman–Crippen LogP) is 3.77. The van der Waals surface area contributed by atoms with Gasteiger partial charge < -0.3 is 0 Å². The minimum atomic E-state index is -0.375. The van der Waals surface area contributed by atoms with Gasteiger partial charge in [-0.1, -0.05) is 44.2 Å². The van der Waals surface area contributed by atoms with E-state index in [1.54, 1.807) is 0 Å². The zero-order chi connectivity index (χ0) is 9.19. The molecule has 0 nitrogen and oxygen atoms in total. The number of halogens is 2. The highest BCUT2D eigenvalue weighted by atomic mass is 35.5. The lowest BCUT2D eigenvalue weighted by Gasteiger charge is -2.26. The Hall–Kier alpha value is -0.200. The lowest BCUT2D eigenvalue weighted by atomic mass is 9.87. The largest absolute Gasteiger partial charge is 0.116 e. The van der Waals surface area contributed by atoms with E-state index in [2.05, 4.69) is 0 Å². The lowest BCUT2D eigenvalue weighted by Crippen LogP contribution is -2.25. The van der Waals surface area contributed by atoms with Crippen molar-refractivity contribution >= 4 is 23.2 Å². The molecular weight excluding hydrogens is 191 g/mol. The average molecular weight is 203 g/mol. The van der Waals surface area contributed by atoms with E-state index in [-0.39, 0.29) is 10.3 Å². The fourth-order valence-electron chi connectivity index (χ4n) is 0.994. The van der Waals surface area contributed by atoms with Crippen LogP contribution in [0.15, 0.2) is 30.3 Å². The molecule has 0 spiro atoms. The van der Waals surface area contributed by atoms with Crippen molar-refractivity contribution in [3.8, 4) is 0 Å². The summed E-state index contributed by atoms with van der Waals surface area (Å²) in [5.74, 6) is 0. The van der Waals surface area contributed by atoms with Gasteiger partial charge in [0.25, 0.3) is 0 Å². The summed E-state index contributed by atoms with van der Waals surface area (Å²) in [7, 11) is 0. The monoisotopic (exact) mass is 202 g/mol. The summed E-state index contributed by atoms with van der Waals surface area (Å²) >= 11 is 11.7. The van der Waals surface area contributed by atoms with E-state index >= 15 is 0 Å². The molecule has 0 aliphatic rings. The first-order chi connectivity index (χ1) is 5.55. The lowest BCUT2D eigenvalue weighted by molar-refractivity contribution is 0.569. The molecule has 1 aromatic rings. The van der Waals surface area contributed by atoms with Crippen LogP contribution in [0, 0.1) is 0 Å². The highest BCUT2D eigenvalue weighted by Gasteiger charge is 2.27. The molecule has 2 heteroatoms. The van der Waals surface area contributed by atoms with Crippen molar-refractivity contribution in [2.24, 2.45) is 0 Å². The van der Waals surface area contributed by atoms with Gasteiger partial charge in [-0.25, -0.2) is 0 Å². The van der Waals surface area contributed by atoms with Crippen molar-refractivity contribution in [3.63, 3.8) is 0 Å². The van der Waals surface area contributed by atoms with E-state index in [9.17, 15) is 0 Å². The number of alkyl halides is 2. The van der Waals surface area contributed by atoms with Crippen LogP contribution in [0.3, 0.4) is 0 Å². The van der Waals surface area contributed by atoms with Gasteiger partial charge in [-0.3, -0.25) is 0 Å². The van der Waals surface area contributed by atoms with Gasteiger partial charge in [0.1, 0.15) is 4.84 Å². The molecule has 0 aliphatic heterocycles. The molecule has 0 amide bonds. The molecule has 1 rings (SSSR count). The molecule has 0 saturated carbocycles. The van der Waals surface area contributed by atoms with Crippen LogP contribution in [-0.4, -0.2) is 4.84 Å². The number of benzene rings is 1. The third kappa shape index (κ3) is 1.94. The second kappa shape index (κ2) is 3.68. The molecular formula is C10H12Cl2. The Balaban J connectivity index is 2.98. The van der Waals surface area contributed by atoms with Crippen LogP contribution in [0.2, 0.25) is 0 Å². The first kappa shape index (κ1) is 9.88. The molecule has 0 bridgehead atoms. The van der Waals surface area contributed by atoms with Crippen LogP contribution in [0.5, 0.6) is 0 Å². The molecule has 0 aliphatic carbocycles. The van der Waals surface area contributed by atoms with Crippen LogP contribution >= 0.6 is 23.2 Å². The van der Waals surface area contributed by atoms with E-state index in [0.717, 1.165) is 0 Å². The maximum Gasteiger partial charge on any atom is 0.116 e. The molecule has 0 atom stereocenters. The highest BCUT2D eigenvalue weighted by Crippen LogP contribution is 2.32. The van der Waals surface area contributed by atoms with Crippen molar-refractivity contribution in [3.05, 3.63) is 35.9 Å². The Morgan fingerprint density at radius 3 is 2.00 bits per heavy atom. The standard InChI is InChI=1S/C10H12Cl2/c1-10(2,9(11)12)8-6-4-3-5-7-8/h3-7,9H,1-2H3. The first-order valence-electron chi connectivity index (χ1n) is 3.89. The number of hydrogen-bond donors (Lipinski definition) is 0. The van der Waals surface area contributed by atoms with Crippen molar-refractivity contribution in [1.82, 2.24) is 0 Å². The van der Waals surface area contributed by atoms with Crippen LogP contribution < -0.4 is 0 Å². The molecule has 0 aromatic heterocycles. The molecule has 0 radical (unpaired) electrons. The SMILES string of the molecule is CC(C)(c1ccccc1)C(Cl)Cl. The zero-order valence-corrected chi connectivity index (χ0v) is 8.73. The Bertz CT molecular complexity index is 239. The molecule has 1 aromatic carbocycles. The summed E-state index contributed by atoms with van der Waals surface area (Å²) in [6.45, 7) is 4.07. The molecule has 12 heavy (non-hydrogen) atoms. The third-order valence-electron chi connectivity index (χ3n) is 2.06. The Morgan fingerprint density at radius 2 is 1.58 bits per heavy atom. The van der Waals surface area contributed by atoms with Crippen molar-refractivity contribution in [2.45, 2.75) is 24.1 Å². The van der Waals surface area contributed by atoms with Crippen LogP contribution in [-0.2, 0) is 5.41 Å².